The van der Waals surface area contributed by atoms with E-state index in [1.807, 2.05) is 12.1 Å². The lowest BCUT2D eigenvalue weighted by Gasteiger charge is -2.48. The predicted molar refractivity (Wildman–Crippen MR) is 70.9 cm³/mol. The quantitative estimate of drug-likeness (QED) is 0.871. The minimum atomic E-state index is -0.0581. The molecule has 1 atom stereocenters. The first-order valence-corrected chi connectivity index (χ1v) is 6.47. The average Bonchev–Trinajstić information content (AvgIpc) is 2.33. The summed E-state index contributed by atoms with van der Waals surface area (Å²) in [4.78, 5) is 0. The summed E-state index contributed by atoms with van der Waals surface area (Å²) < 4.78 is 10.7. The minimum absolute atomic E-state index is 0.0581. The van der Waals surface area contributed by atoms with E-state index in [1.165, 1.54) is 5.56 Å². The van der Waals surface area contributed by atoms with Gasteiger partial charge in [-0.2, -0.15) is 0 Å². The van der Waals surface area contributed by atoms with Crippen molar-refractivity contribution in [3.63, 3.8) is 0 Å². The maximum atomic E-state index is 9.70. The highest BCUT2D eigenvalue weighted by Gasteiger charge is 2.47. The third-order valence-electron chi connectivity index (χ3n) is 4.08. The summed E-state index contributed by atoms with van der Waals surface area (Å²) in [6.07, 6.45) is 0. The van der Waals surface area contributed by atoms with Gasteiger partial charge < -0.3 is 14.6 Å². The second-order valence-corrected chi connectivity index (χ2v) is 5.41. The highest BCUT2D eigenvalue weighted by atomic mass is 16.5. The molecule has 1 aliphatic heterocycles. The smallest absolute Gasteiger partial charge is 0.119 e. The van der Waals surface area contributed by atoms with Gasteiger partial charge in [0, 0.05) is 12.0 Å². The normalized spacial score (nSPS) is 19.4. The lowest BCUT2D eigenvalue weighted by atomic mass is 9.65. The molecule has 3 nitrogen and oxygen atoms in total. The molecule has 1 heterocycles. The van der Waals surface area contributed by atoms with Crippen molar-refractivity contribution < 1.29 is 14.6 Å². The van der Waals surface area contributed by atoms with Gasteiger partial charge in [0.25, 0.3) is 0 Å². The Balaban J connectivity index is 2.36. The summed E-state index contributed by atoms with van der Waals surface area (Å²) in [6.45, 7) is 5.87. The molecule has 0 aliphatic carbocycles. The van der Waals surface area contributed by atoms with Crippen LogP contribution in [0.3, 0.4) is 0 Å². The van der Waals surface area contributed by atoms with Crippen LogP contribution in [0.5, 0.6) is 5.75 Å². The van der Waals surface area contributed by atoms with E-state index in [4.69, 9.17) is 9.47 Å². The van der Waals surface area contributed by atoms with Crippen LogP contribution in [0.25, 0.3) is 0 Å². The molecule has 18 heavy (non-hydrogen) atoms. The predicted octanol–water partition coefficient (Wildman–Crippen LogP) is 2.23. The first-order valence-electron chi connectivity index (χ1n) is 6.47. The van der Waals surface area contributed by atoms with Crippen molar-refractivity contribution in [3.8, 4) is 5.75 Å². The molecule has 1 aromatic rings. The molecular formula is C15H22O3. The molecule has 0 bridgehead atoms. The fourth-order valence-corrected chi connectivity index (χ4v) is 2.87. The fraction of sp³-hybridized carbons (Fsp3) is 0.600. The van der Waals surface area contributed by atoms with Crippen LogP contribution in [0.1, 0.15) is 19.4 Å². The van der Waals surface area contributed by atoms with E-state index in [9.17, 15) is 5.11 Å². The van der Waals surface area contributed by atoms with Gasteiger partial charge in [-0.1, -0.05) is 26.0 Å². The summed E-state index contributed by atoms with van der Waals surface area (Å²) in [5.74, 6) is 1.50. The summed E-state index contributed by atoms with van der Waals surface area (Å²) >= 11 is 0. The van der Waals surface area contributed by atoms with E-state index in [2.05, 4.69) is 26.0 Å². The van der Waals surface area contributed by atoms with E-state index in [0.717, 1.165) is 5.75 Å². The molecule has 0 spiro atoms. The van der Waals surface area contributed by atoms with Crippen molar-refractivity contribution in [1.82, 2.24) is 0 Å². The minimum Gasteiger partial charge on any atom is -0.497 e. The van der Waals surface area contributed by atoms with E-state index in [-0.39, 0.29) is 17.9 Å². The van der Waals surface area contributed by atoms with Crippen LogP contribution in [0.4, 0.5) is 0 Å². The number of aliphatic hydroxyl groups excluding tert-OH is 1. The van der Waals surface area contributed by atoms with Crippen LogP contribution in [0.15, 0.2) is 24.3 Å². The molecule has 1 N–H and O–H groups in total. The lowest BCUT2D eigenvalue weighted by molar-refractivity contribution is -0.111. The number of ether oxygens (including phenoxy) is 2. The largest absolute Gasteiger partial charge is 0.497 e. The Hall–Kier alpha value is -1.06. The van der Waals surface area contributed by atoms with Crippen molar-refractivity contribution in [2.45, 2.75) is 19.3 Å². The molecule has 1 fully saturated rings. The molecule has 2 rings (SSSR count). The van der Waals surface area contributed by atoms with Gasteiger partial charge in [0.1, 0.15) is 5.75 Å². The second kappa shape index (κ2) is 5.29. The Morgan fingerprint density at radius 3 is 2.56 bits per heavy atom. The molecule has 1 aliphatic rings. The molecule has 1 aromatic carbocycles. The molecule has 0 amide bonds. The molecule has 0 aromatic heterocycles. The van der Waals surface area contributed by atoms with Gasteiger partial charge in [0.15, 0.2) is 0 Å². The zero-order valence-corrected chi connectivity index (χ0v) is 11.3. The molecule has 1 unspecified atom stereocenters. The van der Waals surface area contributed by atoms with Crippen LogP contribution >= 0.6 is 0 Å². The molecule has 1 saturated heterocycles. The topological polar surface area (TPSA) is 38.7 Å². The monoisotopic (exact) mass is 250 g/mol. The van der Waals surface area contributed by atoms with Crippen molar-refractivity contribution >= 4 is 0 Å². The van der Waals surface area contributed by atoms with Gasteiger partial charge in [-0.25, -0.2) is 0 Å². The highest BCUT2D eigenvalue weighted by molar-refractivity contribution is 5.36. The number of aliphatic hydroxyl groups is 1. The zero-order valence-electron chi connectivity index (χ0n) is 11.3. The zero-order chi connectivity index (χ0) is 13.2. The van der Waals surface area contributed by atoms with Gasteiger partial charge in [-0.3, -0.25) is 0 Å². The maximum absolute atomic E-state index is 9.70. The number of hydrogen-bond acceptors (Lipinski definition) is 3. The average molecular weight is 250 g/mol. The van der Waals surface area contributed by atoms with Crippen molar-refractivity contribution in [1.29, 1.82) is 0 Å². The van der Waals surface area contributed by atoms with Gasteiger partial charge in [0.2, 0.25) is 0 Å². The highest BCUT2D eigenvalue weighted by Crippen LogP contribution is 2.43. The number of rotatable bonds is 5. The molecule has 3 heteroatoms. The van der Waals surface area contributed by atoms with Gasteiger partial charge in [0.05, 0.1) is 20.3 Å². The first kappa shape index (κ1) is 13.4. The third kappa shape index (κ3) is 2.13. The summed E-state index contributed by atoms with van der Waals surface area (Å²) in [7, 11) is 1.68. The van der Waals surface area contributed by atoms with Crippen LogP contribution in [-0.2, 0) is 10.2 Å². The van der Waals surface area contributed by atoms with Crippen LogP contribution in [0, 0.1) is 11.8 Å². The molecular weight excluding hydrogens is 228 g/mol. The van der Waals surface area contributed by atoms with Gasteiger partial charge in [-0.05, 0) is 29.5 Å². The Morgan fingerprint density at radius 1 is 1.39 bits per heavy atom. The van der Waals surface area contributed by atoms with Gasteiger partial charge in [-0.15, -0.1) is 0 Å². The van der Waals surface area contributed by atoms with Gasteiger partial charge >= 0.3 is 0 Å². The van der Waals surface area contributed by atoms with E-state index >= 15 is 0 Å². The number of hydrogen-bond donors (Lipinski definition) is 1. The SMILES string of the molecule is COc1cccc(C2(C(CO)C(C)C)COC2)c1. The number of benzene rings is 1. The molecule has 0 radical (unpaired) electrons. The van der Waals surface area contributed by atoms with Crippen LogP contribution in [0.2, 0.25) is 0 Å². The molecule has 100 valence electrons. The Kier molecular flexibility index (Phi) is 3.93. The van der Waals surface area contributed by atoms with Crippen LogP contribution in [-0.4, -0.2) is 32.0 Å². The Bertz CT molecular complexity index is 396. The van der Waals surface area contributed by atoms with Crippen molar-refractivity contribution in [3.05, 3.63) is 29.8 Å². The standard InChI is InChI=1S/C15H22O3/c1-11(2)14(8-16)15(9-18-10-15)12-5-4-6-13(7-12)17-3/h4-7,11,14,16H,8-10H2,1-3H3. The summed E-state index contributed by atoms with van der Waals surface area (Å²) in [6, 6.07) is 8.12. The van der Waals surface area contributed by atoms with Crippen molar-refractivity contribution in [2.75, 3.05) is 26.9 Å². The van der Waals surface area contributed by atoms with E-state index in [0.29, 0.717) is 19.1 Å². The second-order valence-electron chi connectivity index (χ2n) is 5.41. The Labute approximate surface area is 109 Å². The first-order chi connectivity index (χ1) is 8.64. The lowest BCUT2D eigenvalue weighted by Crippen LogP contribution is -2.55. The van der Waals surface area contributed by atoms with E-state index < -0.39 is 0 Å². The van der Waals surface area contributed by atoms with Crippen molar-refractivity contribution in [2.24, 2.45) is 11.8 Å². The van der Waals surface area contributed by atoms with Crippen LogP contribution < -0.4 is 4.74 Å². The maximum Gasteiger partial charge on any atom is 0.119 e. The number of methoxy groups -OCH3 is 1. The third-order valence-corrected chi connectivity index (χ3v) is 4.08. The summed E-state index contributed by atoms with van der Waals surface area (Å²) in [5, 5.41) is 9.70. The van der Waals surface area contributed by atoms with E-state index in [1.54, 1.807) is 7.11 Å². The Morgan fingerprint density at radius 2 is 2.11 bits per heavy atom. The fourth-order valence-electron chi connectivity index (χ4n) is 2.87. The molecule has 0 saturated carbocycles. The summed E-state index contributed by atoms with van der Waals surface area (Å²) in [5.41, 5.74) is 1.15.